The number of primary amides is 1. The number of hydrogen-bond donors (Lipinski definition) is 1. The predicted molar refractivity (Wildman–Crippen MR) is 29.0 cm³/mol. The number of nitrogens with two attached hydrogens (primary N) is 1. The molecule has 2 N–H and O–H groups in total. The molecule has 0 aromatic rings. The third-order valence-corrected chi connectivity index (χ3v) is 0.470. The average Bonchev–Trinajstić information content (AvgIpc) is 1.27. The van der Waals surface area contributed by atoms with Crippen LogP contribution in [0.5, 0.6) is 0 Å². The summed E-state index contributed by atoms with van der Waals surface area (Å²) in [6.45, 7) is 0. The van der Waals surface area contributed by atoms with Gasteiger partial charge < -0.3 is 5.73 Å². The molecule has 0 saturated carbocycles. The normalized spacial score (nSPS) is 7.71. The maximum absolute atomic E-state index is 9.79. The maximum atomic E-state index is 9.79. The predicted octanol–water partition coefficient (Wildman–Crippen LogP) is 0.791. The molecule has 0 heterocycles. The molecule has 0 aliphatic heterocycles. The highest BCUT2D eigenvalue weighted by molar-refractivity contribution is 6.56. The molecule has 0 rings (SSSR count). The molecule has 4 heteroatoms. The summed E-state index contributed by atoms with van der Waals surface area (Å²) in [6.07, 6.45) is 0.920. The van der Waals surface area contributed by atoms with E-state index in [1.54, 1.807) is 0 Å². The van der Waals surface area contributed by atoms with Crippen LogP contribution < -0.4 is 5.73 Å². The minimum absolute atomic E-state index is 0.118. The van der Waals surface area contributed by atoms with Gasteiger partial charge in [-0.05, 0) is 0 Å². The van der Waals surface area contributed by atoms with Crippen molar-refractivity contribution in [1.82, 2.24) is 0 Å². The highest BCUT2D eigenvalue weighted by atomic mass is 35.5. The zero-order chi connectivity index (χ0) is 5.86. The van der Waals surface area contributed by atoms with E-state index in [0.29, 0.717) is 0 Å². The van der Waals surface area contributed by atoms with E-state index in [2.05, 4.69) is 5.73 Å². The zero-order valence-corrected chi connectivity index (χ0v) is 4.83. The first-order chi connectivity index (χ1) is 3.13. The van der Waals surface area contributed by atoms with Crippen LogP contribution in [0.2, 0.25) is 0 Å². The van der Waals surface area contributed by atoms with Gasteiger partial charge in [-0.25, -0.2) is 0 Å². The van der Waals surface area contributed by atoms with E-state index in [4.69, 9.17) is 23.2 Å². The zero-order valence-electron chi connectivity index (χ0n) is 3.32. The summed E-state index contributed by atoms with van der Waals surface area (Å²) in [5.41, 5.74) is 4.61. The van der Waals surface area contributed by atoms with E-state index in [-0.39, 0.29) is 4.49 Å². The summed E-state index contributed by atoms with van der Waals surface area (Å²) < 4.78 is -0.118. The number of carbonyl (C=O) groups excluding carboxylic acids is 1. The Kier molecular flexibility index (Phi) is 2.79. The van der Waals surface area contributed by atoms with Gasteiger partial charge in [-0.3, -0.25) is 4.79 Å². The molecule has 40 valence electrons. The van der Waals surface area contributed by atoms with Crippen molar-refractivity contribution in [3.05, 3.63) is 10.6 Å². The largest absolute Gasteiger partial charge is 0.366 e. The van der Waals surface area contributed by atoms with Crippen molar-refractivity contribution < 1.29 is 4.79 Å². The third kappa shape index (κ3) is 5.79. The Labute approximate surface area is 50.9 Å². The maximum Gasteiger partial charge on any atom is 0.243 e. The summed E-state index contributed by atoms with van der Waals surface area (Å²) in [5.74, 6) is -0.639. The number of carbonyl (C=O) groups is 1. The van der Waals surface area contributed by atoms with Crippen LogP contribution in [-0.4, -0.2) is 5.91 Å². The molecular formula is C3H3Cl2NO. The molecule has 0 atom stereocenters. The van der Waals surface area contributed by atoms with Gasteiger partial charge in [0, 0.05) is 6.08 Å². The Morgan fingerprint density at radius 3 is 2.00 bits per heavy atom. The molecule has 0 spiro atoms. The molecule has 0 aromatic heterocycles. The van der Waals surface area contributed by atoms with Gasteiger partial charge in [0.2, 0.25) is 5.91 Å². The Morgan fingerprint density at radius 2 is 2.00 bits per heavy atom. The average molecular weight is 140 g/mol. The van der Waals surface area contributed by atoms with Crippen molar-refractivity contribution in [2.24, 2.45) is 5.73 Å². The molecule has 0 aliphatic rings. The van der Waals surface area contributed by atoms with Crippen LogP contribution >= 0.6 is 23.2 Å². The van der Waals surface area contributed by atoms with Crippen LogP contribution in [-0.2, 0) is 4.79 Å². The molecule has 0 fully saturated rings. The standard InChI is InChI=1S/C3H3Cl2NO/c4-2(5)1-3(6)7/h1H,(H2,6,7). The lowest BCUT2D eigenvalue weighted by Gasteiger charge is -1.76. The lowest BCUT2D eigenvalue weighted by Crippen LogP contribution is -2.05. The van der Waals surface area contributed by atoms with E-state index in [0.717, 1.165) is 6.08 Å². The first-order valence-electron chi connectivity index (χ1n) is 1.45. The molecule has 0 unspecified atom stereocenters. The first kappa shape index (κ1) is 6.79. The van der Waals surface area contributed by atoms with Gasteiger partial charge in [0.15, 0.2) is 0 Å². The second-order valence-corrected chi connectivity index (χ2v) is 1.84. The molecule has 0 radical (unpaired) electrons. The van der Waals surface area contributed by atoms with E-state index < -0.39 is 5.91 Å². The fraction of sp³-hybridized carbons (Fsp3) is 0. The molecule has 1 amide bonds. The quantitative estimate of drug-likeness (QED) is 0.537. The summed E-state index contributed by atoms with van der Waals surface area (Å²) in [4.78, 5) is 9.79. The summed E-state index contributed by atoms with van der Waals surface area (Å²) in [6, 6.07) is 0. The van der Waals surface area contributed by atoms with Gasteiger partial charge in [0.05, 0.1) is 0 Å². The molecule has 2 nitrogen and oxygen atoms in total. The van der Waals surface area contributed by atoms with Crippen LogP contribution in [0.1, 0.15) is 0 Å². The molecule has 0 aromatic carbocycles. The van der Waals surface area contributed by atoms with Crippen molar-refractivity contribution in [3.8, 4) is 0 Å². The van der Waals surface area contributed by atoms with E-state index in [1.807, 2.05) is 0 Å². The highest BCUT2D eigenvalue weighted by Crippen LogP contribution is 2.03. The van der Waals surface area contributed by atoms with Crippen molar-refractivity contribution in [2.45, 2.75) is 0 Å². The van der Waals surface area contributed by atoms with Crippen LogP contribution in [0, 0.1) is 0 Å². The Bertz CT molecular complexity index is 106. The number of rotatable bonds is 1. The van der Waals surface area contributed by atoms with Gasteiger partial charge in [0.1, 0.15) is 4.49 Å². The second-order valence-electron chi connectivity index (χ2n) is 0.836. The SMILES string of the molecule is NC(=O)C=C(Cl)Cl. The Balaban J connectivity index is 3.68. The van der Waals surface area contributed by atoms with Gasteiger partial charge in [-0.15, -0.1) is 0 Å². The smallest absolute Gasteiger partial charge is 0.243 e. The first-order valence-corrected chi connectivity index (χ1v) is 2.20. The van der Waals surface area contributed by atoms with Crippen LogP contribution in [0.3, 0.4) is 0 Å². The van der Waals surface area contributed by atoms with Gasteiger partial charge in [0.25, 0.3) is 0 Å². The molecule has 0 bridgehead atoms. The molecule has 0 saturated heterocycles. The lowest BCUT2D eigenvalue weighted by atomic mass is 10.6. The monoisotopic (exact) mass is 139 g/mol. The fourth-order valence-corrected chi connectivity index (χ4v) is 0.323. The van der Waals surface area contributed by atoms with Gasteiger partial charge in [-0.2, -0.15) is 0 Å². The summed E-state index contributed by atoms with van der Waals surface area (Å²) in [7, 11) is 0. The topological polar surface area (TPSA) is 43.1 Å². The van der Waals surface area contributed by atoms with Crippen LogP contribution in [0.15, 0.2) is 10.6 Å². The molecule has 7 heavy (non-hydrogen) atoms. The van der Waals surface area contributed by atoms with Crippen molar-refractivity contribution in [3.63, 3.8) is 0 Å². The van der Waals surface area contributed by atoms with Crippen molar-refractivity contribution >= 4 is 29.1 Å². The summed E-state index contributed by atoms with van der Waals surface area (Å²) in [5, 5.41) is 0. The Hall–Kier alpha value is -0.210. The van der Waals surface area contributed by atoms with E-state index in [1.165, 1.54) is 0 Å². The van der Waals surface area contributed by atoms with E-state index >= 15 is 0 Å². The van der Waals surface area contributed by atoms with E-state index in [9.17, 15) is 4.79 Å². The fourth-order valence-electron chi connectivity index (χ4n) is 0.108. The minimum Gasteiger partial charge on any atom is -0.366 e. The lowest BCUT2D eigenvalue weighted by molar-refractivity contribution is -0.113. The van der Waals surface area contributed by atoms with Crippen LogP contribution in [0.25, 0.3) is 0 Å². The van der Waals surface area contributed by atoms with Gasteiger partial charge in [-0.1, -0.05) is 23.2 Å². The van der Waals surface area contributed by atoms with Crippen molar-refractivity contribution in [2.75, 3.05) is 0 Å². The van der Waals surface area contributed by atoms with Gasteiger partial charge >= 0.3 is 0 Å². The van der Waals surface area contributed by atoms with Crippen LogP contribution in [0.4, 0.5) is 0 Å². The Morgan fingerprint density at radius 1 is 1.57 bits per heavy atom. The summed E-state index contributed by atoms with van der Waals surface area (Å²) >= 11 is 10.00. The third-order valence-electron chi connectivity index (χ3n) is 0.251. The number of amides is 1. The second kappa shape index (κ2) is 2.88. The minimum atomic E-state index is -0.639. The number of halogens is 2. The van der Waals surface area contributed by atoms with Crippen molar-refractivity contribution in [1.29, 1.82) is 0 Å². The molecular weight excluding hydrogens is 137 g/mol. The molecule has 0 aliphatic carbocycles. The number of hydrogen-bond acceptors (Lipinski definition) is 1. The highest BCUT2D eigenvalue weighted by Gasteiger charge is 1.85.